The van der Waals surface area contributed by atoms with Crippen molar-refractivity contribution in [1.29, 1.82) is 0 Å². The molecule has 6 rings (SSSR count). The van der Waals surface area contributed by atoms with Crippen LogP contribution in [0.4, 0.5) is 4.39 Å². The van der Waals surface area contributed by atoms with Crippen LogP contribution in [0.15, 0.2) is 109 Å². The van der Waals surface area contributed by atoms with E-state index in [4.69, 9.17) is 14.2 Å². The molecule has 1 aliphatic heterocycles. The van der Waals surface area contributed by atoms with Crippen LogP contribution in [0.5, 0.6) is 23.1 Å². The molecule has 2 heterocycles. The van der Waals surface area contributed by atoms with Gasteiger partial charge < -0.3 is 19.1 Å². The van der Waals surface area contributed by atoms with Gasteiger partial charge in [-0.1, -0.05) is 61.0 Å². The molecule has 0 N–H and O–H groups in total. The molecule has 1 amide bonds. The minimum absolute atomic E-state index is 0.0208. The molecule has 0 bridgehead atoms. The molecular weight excluding hydrogens is 653 g/mol. The van der Waals surface area contributed by atoms with Gasteiger partial charge in [0.2, 0.25) is 11.8 Å². The maximum Gasteiger partial charge on any atom is 0.246 e. The molecule has 4 aromatic carbocycles. The van der Waals surface area contributed by atoms with Gasteiger partial charge in [0.25, 0.3) is 0 Å². The van der Waals surface area contributed by atoms with Gasteiger partial charge >= 0.3 is 0 Å². The third-order valence-electron chi connectivity index (χ3n) is 9.30. The van der Waals surface area contributed by atoms with Gasteiger partial charge in [0.15, 0.2) is 0 Å². The number of pyridine rings is 1. The van der Waals surface area contributed by atoms with Gasteiger partial charge in [0, 0.05) is 50.8 Å². The first-order valence-electron chi connectivity index (χ1n) is 17.8. The highest BCUT2D eigenvalue weighted by Gasteiger charge is 2.20. The van der Waals surface area contributed by atoms with Gasteiger partial charge in [-0.05, 0) is 103 Å². The first kappa shape index (κ1) is 36.3. The molecule has 0 aliphatic carbocycles. The van der Waals surface area contributed by atoms with Crippen molar-refractivity contribution in [2.45, 2.75) is 46.8 Å². The van der Waals surface area contributed by atoms with Gasteiger partial charge in [0.05, 0.1) is 12.8 Å². The lowest BCUT2D eigenvalue weighted by atomic mass is 10.0. The number of aromatic nitrogens is 1. The lowest BCUT2D eigenvalue weighted by molar-refractivity contribution is -0.127. The quantitative estimate of drug-likeness (QED) is 0.114. The zero-order valence-electron chi connectivity index (χ0n) is 30.3. The number of benzene rings is 4. The van der Waals surface area contributed by atoms with E-state index < -0.39 is 0 Å². The smallest absolute Gasteiger partial charge is 0.246 e. The predicted octanol–water partition coefficient (Wildman–Crippen LogP) is 9.06. The number of aryl methyl sites for hydroxylation is 3. The summed E-state index contributed by atoms with van der Waals surface area (Å²) in [5, 5.41) is 0. The summed E-state index contributed by atoms with van der Waals surface area (Å²) >= 11 is 0. The molecule has 1 unspecified atom stereocenters. The normalized spacial score (nSPS) is 14.0. The summed E-state index contributed by atoms with van der Waals surface area (Å²) in [7, 11) is 0. The molecule has 0 radical (unpaired) electrons. The van der Waals surface area contributed by atoms with E-state index in [-0.39, 0.29) is 11.7 Å². The Morgan fingerprint density at radius 1 is 0.808 bits per heavy atom. The Hall–Kier alpha value is -5.47. The highest BCUT2D eigenvalue weighted by Crippen LogP contribution is 2.30. The molecule has 1 saturated heterocycles. The van der Waals surface area contributed by atoms with E-state index in [9.17, 15) is 9.18 Å². The maximum atomic E-state index is 13.1. The SMILES string of the molecule is Cc1ccc(OCC(C)c2ccc(CN3CCN(C(=O)/C=C/c4cc(C)c(Oc5ccc(OCc6ccc(F)cc6)cn5)c(C)c4)CC3)cc2)cc1. The van der Waals surface area contributed by atoms with E-state index >= 15 is 0 Å². The van der Waals surface area contributed by atoms with Gasteiger partial charge in [0.1, 0.15) is 29.7 Å². The zero-order chi connectivity index (χ0) is 36.5. The Kier molecular flexibility index (Phi) is 12.0. The third kappa shape index (κ3) is 10.1. The second-order valence-electron chi connectivity index (χ2n) is 13.5. The number of carbonyl (C=O) groups excluding carboxylic acids is 1. The molecule has 1 atom stereocenters. The number of hydrogen-bond donors (Lipinski definition) is 0. The highest BCUT2D eigenvalue weighted by atomic mass is 19.1. The molecule has 1 fully saturated rings. The fraction of sp³-hybridized carbons (Fsp3) is 0.273. The molecule has 1 aliphatic rings. The molecule has 8 heteroatoms. The summed E-state index contributed by atoms with van der Waals surface area (Å²) in [4.78, 5) is 21.8. The minimum atomic E-state index is -0.277. The van der Waals surface area contributed by atoms with Crippen LogP contribution in [-0.2, 0) is 17.9 Å². The minimum Gasteiger partial charge on any atom is -0.493 e. The van der Waals surface area contributed by atoms with E-state index in [0.717, 1.165) is 53.4 Å². The predicted molar refractivity (Wildman–Crippen MR) is 203 cm³/mol. The first-order chi connectivity index (χ1) is 25.2. The van der Waals surface area contributed by atoms with Crippen LogP contribution in [0, 0.1) is 26.6 Å². The number of hydrogen-bond acceptors (Lipinski definition) is 6. The van der Waals surface area contributed by atoms with Crippen molar-refractivity contribution in [2.24, 2.45) is 0 Å². The molecule has 52 heavy (non-hydrogen) atoms. The van der Waals surface area contributed by atoms with E-state index in [2.05, 4.69) is 60.1 Å². The van der Waals surface area contributed by atoms with Crippen LogP contribution >= 0.6 is 0 Å². The van der Waals surface area contributed by atoms with Crippen molar-refractivity contribution in [3.63, 3.8) is 0 Å². The number of halogens is 1. The van der Waals surface area contributed by atoms with Gasteiger partial charge in [-0.25, -0.2) is 9.37 Å². The Bertz CT molecular complexity index is 1930. The van der Waals surface area contributed by atoms with Gasteiger partial charge in [-0.3, -0.25) is 9.69 Å². The van der Waals surface area contributed by atoms with Crippen LogP contribution in [0.1, 0.15) is 51.8 Å². The summed E-state index contributed by atoms with van der Waals surface area (Å²) < 4.78 is 31.0. The van der Waals surface area contributed by atoms with E-state index in [1.54, 1.807) is 36.5 Å². The molecule has 0 saturated carbocycles. The standard InChI is InChI=1S/C44H46FN3O4/c1-31-5-16-40(17-6-31)50-29-34(4)38-12-7-35(8-13-38)28-47-21-23-48(24-22-47)43(49)20-11-37-25-32(2)44(33(3)26-37)52-42-19-18-41(27-46-42)51-30-36-9-14-39(45)15-10-36/h5-20,25-27,34H,21-24,28-30H2,1-4H3/b20-11+. The summed E-state index contributed by atoms with van der Waals surface area (Å²) in [5.41, 5.74) is 7.45. The average molecular weight is 700 g/mol. The maximum absolute atomic E-state index is 13.1. The van der Waals surface area contributed by atoms with Crippen molar-refractivity contribution in [3.05, 3.63) is 154 Å². The Morgan fingerprint density at radius 2 is 1.46 bits per heavy atom. The fourth-order valence-electron chi connectivity index (χ4n) is 6.17. The second kappa shape index (κ2) is 17.2. The summed E-state index contributed by atoms with van der Waals surface area (Å²) in [5.74, 6) is 2.70. The fourth-order valence-corrected chi connectivity index (χ4v) is 6.17. The van der Waals surface area contributed by atoms with Crippen LogP contribution in [0.25, 0.3) is 6.08 Å². The summed E-state index contributed by atoms with van der Waals surface area (Å²) in [6.07, 6.45) is 5.15. The number of amides is 1. The van der Waals surface area contributed by atoms with Gasteiger partial charge in [-0.2, -0.15) is 0 Å². The van der Waals surface area contributed by atoms with Crippen LogP contribution in [-0.4, -0.2) is 53.5 Å². The van der Waals surface area contributed by atoms with Crippen molar-refractivity contribution in [2.75, 3.05) is 32.8 Å². The second-order valence-corrected chi connectivity index (χ2v) is 13.5. The monoisotopic (exact) mass is 699 g/mol. The zero-order valence-corrected chi connectivity index (χ0v) is 30.3. The summed E-state index contributed by atoms with van der Waals surface area (Å²) in [6.45, 7) is 13.1. The van der Waals surface area contributed by atoms with Crippen molar-refractivity contribution >= 4 is 12.0 Å². The molecule has 0 spiro atoms. The molecule has 268 valence electrons. The molecule has 5 aromatic rings. The number of rotatable bonds is 13. The van der Waals surface area contributed by atoms with Crippen molar-refractivity contribution in [3.8, 4) is 23.1 Å². The van der Waals surface area contributed by atoms with E-state index in [1.807, 2.05) is 49.1 Å². The Morgan fingerprint density at radius 3 is 2.12 bits per heavy atom. The first-order valence-corrected chi connectivity index (χ1v) is 17.8. The third-order valence-corrected chi connectivity index (χ3v) is 9.30. The Balaban J connectivity index is 0.940. The number of ether oxygens (including phenoxy) is 3. The topological polar surface area (TPSA) is 64.1 Å². The van der Waals surface area contributed by atoms with E-state index in [1.165, 1.54) is 28.8 Å². The lowest BCUT2D eigenvalue weighted by Crippen LogP contribution is -2.47. The van der Waals surface area contributed by atoms with E-state index in [0.29, 0.717) is 43.9 Å². The summed E-state index contributed by atoms with van der Waals surface area (Å²) in [6, 6.07) is 30.8. The Labute approximate surface area is 306 Å². The average Bonchev–Trinajstić information content (AvgIpc) is 3.16. The number of piperazine rings is 1. The molecule has 1 aromatic heterocycles. The van der Waals surface area contributed by atoms with Crippen LogP contribution in [0.2, 0.25) is 0 Å². The number of carbonyl (C=O) groups is 1. The number of nitrogens with zero attached hydrogens (tertiary/aromatic N) is 3. The molecule has 7 nitrogen and oxygen atoms in total. The molecular formula is C44H46FN3O4. The highest BCUT2D eigenvalue weighted by molar-refractivity contribution is 5.92. The van der Waals surface area contributed by atoms with Crippen LogP contribution in [0.3, 0.4) is 0 Å². The van der Waals surface area contributed by atoms with Crippen molar-refractivity contribution < 1.29 is 23.4 Å². The van der Waals surface area contributed by atoms with Crippen molar-refractivity contribution in [1.82, 2.24) is 14.8 Å². The largest absolute Gasteiger partial charge is 0.493 e. The van der Waals surface area contributed by atoms with Crippen LogP contribution < -0.4 is 14.2 Å². The van der Waals surface area contributed by atoms with Gasteiger partial charge in [-0.15, -0.1) is 0 Å². The lowest BCUT2D eigenvalue weighted by Gasteiger charge is -2.34.